The van der Waals surface area contributed by atoms with E-state index in [2.05, 4.69) is 15.3 Å². The first-order valence-corrected chi connectivity index (χ1v) is 11.5. The molecule has 0 saturated carbocycles. The van der Waals surface area contributed by atoms with Gasteiger partial charge in [0, 0.05) is 48.4 Å². The van der Waals surface area contributed by atoms with Gasteiger partial charge in [-0.1, -0.05) is 6.07 Å². The predicted octanol–water partition coefficient (Wildman–Crippen LogP) is 4.02. The summed E-state index contributed by atoms with van der Waals surface area (Å²) in [5.41, 5.74) is 2.63. The number of rotatable bonds is 6. The van der Waals surface area contributed by atoms with Gasteiger partial charge >= 0.3 is 0 Å². The fourth-order valence-corrected chi connectivity index (χ4v) is 5.55. The van der Waals surface area contributed by atoms with Crippen LogP contribution >= 0.6 is 11.3 Å². The van der Waals surface area contributed by atoms with Gasteiger partial charge in [0.05, 0.1) is 11.7 Å². The molecule has 0 spiro atoms. The highest BCUT2D eigenvalue weighted by Crippen LogP contribution is 2.33. The number of hydrogen-bond acceptors (Lipinski definition) is 5. The maximum absolute atomic E-state index is 13.4. The number of halogens is 2. The first-order valence-electron chi connectivity index (χ1n) is 10.6. The maximum atomic E-state index is 13.4. The molecule has 0 aliphatic heterocycles. The lowest BCUT2D eigenvalue weighted by Gasteiger charge is -2.23. The van der Waals surface area contributed by atoms with Crippen molar-refractivity contribution in [3.63, 3.8) is 0 Å². The largest absolute Gasteiger partial charge is 0.310 e. The lowest BCUT2D eigenvalue weighted by molar-refractivity contribution is 0.460. The Labute approximate surface area is 187 Å². The van der Waals surface area contributed by atoms with Crippen LogP contribution in [0.3, 0.4) is 0 Å². The molecule has 5 nitrogen and oxygen atoms in total. The molecule has 1 aromatic carbocycles. The van der Waals surface area contributed by atoms with Crippen LogP contribution in [-0.4, -0.2) is 20.6 Å². The Bertz CT molecular complexity index is 1300. The number of fused-ring (bicyclic) bond motifs is 3. The summed E-state index contributed by atoms with van der Waals surface area (Å²) in [5.74, 6) is -1.13. The van der Waals surface area contributed by atoms with E-state index >= 15 is 0 Å². The van der Waals surface area contributed by atoms with E-state index in [1.54, 1.807) is 28.4 Å². The average Bonchev–Trinajstić information content (AvgIpc) is 3.16. The summed E-state index contributed by atoms with van der Waals surface area (Å²) < 4.78 is 28.5. The summed E-state index contributed by atoms with van der Waals surface area (Å²) in [6, 6.07) is 9.53. The zero-order chi connectivity index (χ0) is 22.1. The number of aromatic nitrogens is 3. The third kappa shape index (κ3) is 4.33. The number of thiophene rings is 1. The zero-order valence-electron chi connectivity index (χ0n) is 17.4. The summed E-state index contributed by atoms with van der Waals surface area (Å²) in [5, 5.41) is 4.14. The van der Waals surface area contributed by atoms with Gasteiger partial charge < -0.3 is 5.32 Å². The van der Waals surface area contributed by atoms with Crippen molar-refractivity contribution in [1.82, 2.24) is 19.9 Å². The van der Waals surface area contributed by atoms with Gasteiger partial charge in [0.25, 0.3) is 5.56 Å². The molecule has 4 aromatic rings. The van der Waals surface area contributed by atoms with Crippen LogP contribution in [0.5, 0.6) is 0 Å². The third-order valence-electron chi connectivity index (χ3n) is 5.89. The highest BCUT2D eigenvalue weighted by Gasteiger charge is 2.25. The molecule has 5 rings (SSSR count). The topological polar surface area (TPSA) is 59.8 Å². The van der Waals surface area contributed by atoms with Crippen molar-refractivity contribution in [2.45, 2.75) is 44.8 Å². The Hall–Kier alpha value is -2.97. The summed E-state index contributed by atoms with van der Waals surface area (Å²) in [4.78, 5) is 24.0. The Morgan fingerprint density at radius 2 is 2.00 bits per heavy atom. The second kappa shape index (κ2) is 8.88. The highest BCUT2D eigenvalue weighted by atomic mass is 32.1. The standard InChI is InChI=1S/C24H22F2N4OS/c25-16-9-15(10-17(26)11-16)13-28-19-4-5-20-21(12-19)32-23-22(20)24(31)30(14-29-23)8-6-18-3-1-2-7-27-18/h1-3,7,9-11,14,19,28H,4-6,8,12-13H2. The summed E-state index contributed by atoms with van der Waals surface area (Å²) in [6.45, 7) is 0.940. The van der Waals surface area contributed by atoms with Gasteiger partial charge in [0.1, 0.15) is 16.5 Å². The van der Waals surface area contributed by atoms with Crippen molar-refractivity contribution in [2.75, 3.05) is 0 Å². The summed E-state index contributed by atoms with van der Waals surface area (Å²) in [7, 11) is 0. The maximum Gasteiger partial charge on any atom is 0.262 e. The minimum Gasteiger partial charge on any atom is -0.310 e. The van der Waals surface area contributed by atoms with Crippen molar-refractivity contribution < 1.29 is 8.78 Å². The number of nitrogens with zero attached hydrogens (tertiary/aromatic N) is 3. The van der Waals surface area contributed by atoms with Crippen molar-refractivity contribution in [3.05, 3.63) is 92.6 Å². The number of benzene rings is 1. The minimum absolute atomic E-state index is 0.00470. The smallest absolute Gasteiger partial charge is 0.262 e. The van der Waals surface area contributed by atoms with Crippen molar-refractivity contribution in [3.8, 4) is 0 Å². The van der Waals surface area contributed by atoms with E-state index in [1.165, 1.54) is 17.0 Å². The number of pyridine rings is 1. The van der Waals surface area contributed by atoms with Gasteiger partial charge in [0.2, 0.25) is 0 Å². The van der Waals surface area contributed by atoms with Crippen molar-refractivity contribution in [1.29, 1.82) is 0 Å². The van der Waals surface area contributed by atoms with E-state index in [1.807, 2.05) is 18.2 Å². The van der Waals surface area contributed by atoms with Gasteiger partial charge in [-0.05, 0) is 54.7 Å². The fraction of sp³-hybridized carbons (Fsp3) is 0.292. The normalized spacial score (nSPS) is 15.8. The van der Waals surface area contributed by atoms with Crippen molar-refractivity contribution in [2.24, 2.45) is 0 Å². The van der Waals surface area contributed by atoms with Crippen LogP contribution in [0.15, 0.2) is 53.7 Å². The zero-order valence-corrected chi connectivity index (χ0v) is 18.2. The van der Waals surface area contributed by atoms with Crippen LogP contribution in [0.4, 0.5) is 8.78 Å². The Kier molecular flexibility index (Phi) is 5.80. The summed E-state index contributed by atoms with van der Waals surface area (Å²) >= 11 is 1.57. The second-order valence-electron chi connectivity index (χ2n) is 8.10. The molecule has 164 valence electrons. The van der Waals surface area contributed by atoms with Gasteiger partial charge in [-0.3, -0.25) is 14.3 Å². The van der Waals surface area contributed by atoms with Gasteiger partial charge in [-0.15, -0.1) is 11.3 Å². The molecule has 0 amide bonds. The number of hydrogen-bond donors (Lipinski definition) is 1. The highest BCUT2D eigenvalue weighted by molar-refractivity contribution is 7.18. The molecule has 32 heavy (non-hydrogen) atoms. The predicted molar refractivity (Wildman–Crippen MR) is 121 cm³/mol. The van der Waals surface area contributed by atoms with E-state index in [-0.39, 0.29) is 11.6 Å². The fourth-order valence-electron chi connectivity index (χ4n) is 4.29. The third-order valence-corrected chi connectivity index (χ3v) is 7.05. The number of aryl methyl sites for hydroxylation is 3. The monoisotopic (exact) mass is 452 g/mol. The molecule has 0 bridgehead atoms. The molecule has 0 saturated heterocycles. The van der Waals surface area contributed by atoms with Crippen molar-refractivity contribution >= 4 is 21.6 Å². The molecule has 1 unspecified atom stereocenters. The molecule has 0 fully saturated rings. The van der Waals surface area contributed by atoms with Gasteiger partial charge in [-0.2, -0.15) is 0 Å². The first-order chi connectivity index (χ1) is 15.6. The van der Waals surface area contributed by atoms with Crippen LogP contribution < -0.4 is 10.9 Å². The van der Waals surface area contributed by atoms with Gasteiger partial charge in [0.15, 0.2) is 0 Å². The molecule has 3 heterocycles. The van der Waals surface area contributed by atoms with E-state index in [4.69, 9.17) is 0 Å². The molecule has 1 atom stereocenters. The van der Waals surface area contributed by atoms with E-state index in [0.29, 0.717) is 25.1 Å². The molecule has 1 aliphatic rings. The Morgan fingerprint density at radius 3 is 2.78 bits per heavy atom. The van der Waals surface area contributed by atoms with Crippen LogP contribution in [0.25, 0.3) is 10.2 Å². The van der Waals surface area contributed by atoms with Crippen LogP contribution in [0.1, 0.15) is 28.1 Å². The van der Waals surface area contributed by atoms with Crippen LogP contribution in [0.2, 0.25) is 0 Å². The van der Waals surface area contributed by atoms with Gasteiger partial charge in [-0.25, -0.2) is 13.8 Å². The lowest BCUT2D eigenvalue weighted by Crippen LogP contribution is -2.34. The second-order valence-corrected chi connectivity index (χ2v) is 9.18. The minimum atomic E-state index is -0.567. The SMILES string of the molecule is O=c1c2c3c(sc2ncn1CCc1ccccn1)CC(NCc1cc(F)cc(F)c1)CC3. The molecule has 8 heteroatoms. The van der Waals surface area contributed by atoms with E-state index in [9.17, 15) is 13.6 Å². The number of nitrogens with one attached hydrogen (secondary N) is 1. The van der Waals surface area contributed by atoms with E-state index in [0.717, 1.165) is 46.8 Å². The Balaban J connectivity index is 1.31. The molecular formula is C24H22F2N4OS. The molecular weight excluding hydrogens is 430 g/mol. The molecule has 0 radical (unpaired) electrons. The lowest BCUT2D eigenvalue weighted by atomic mass is 9.93. The average molecular weight is 453 g/mol. The molecule has 1 aliphatic carbocycles. The molecule has 1 N–H and O–H groups in total. The quantitative estimate of drug-likeness (QED) is 0.480. The Morgan fingerprint density at radius 1 is 1.16 bits per heavy atom. The van der Waals surface area contributed by atoms with Crippen LogP contribution in [-0.2, 0) is 32.4 Å². The molecule has 3 aromatic heterocycles. The van der Waals surface area contributed by atoms with Crippen LogP contribution in [0, 0.1) is 11.6 Å². The summed E-state index contributed by atoms with van der Waals surface area (Å²) in [6.07, 6.45) is 6.48. The van der Waals surface area contributed by atoms with E-state index < -0.39 is 11.6 Å². The first kappa shape index (κ1) is 20.9.